The van der Waals surface area contributed by atoms with Gasteiger partial charge in [-0.25, -0.2) is 0 Å². The minimum Gasteiger partial charge on any atom is -0.393 e. The first kappa shape index (κ1) is 16.1. The number of aliphatic hydroxyl groups excluding tert-OH is 2. The molecule has 4 fully saturated rings. The SMILES string of the molecule is C[C@H]1CC(=O)C[C@@H]2CC[C@@H]3[C@H]([C@H](O)C[C@]4(C)[C@@H](O)CC[C@@H]34)[C@]21C. The maximum Gasteiger partial charge on any atom is 0.133 e. The smallest absolute Gasteiger partial charge is 0.133 e. The normalized spacial score (nSPS) is 59.2. The number of Topliss-reactive ketones (excluding diaryl/α,β-unsaturated/α-hetero) is 1. The number of carbonyl (C=O) groups is 1. The van der Waals surface area contributed by atoms with Crippen molar-refractivity contribution < 1.29 is 15.0 Å². The molecule has 0 spiro atoms. The maximum absolute atomic E-state index is 12.1. The third-order valence-corrected chi connectivity index (χ3v) is 8.92. The molecule has 130 valence electrons. The molecule has 0 aromatic carbocycles. The van der Waals surface area contributed by atoms with E-state index in [1.54, 1.807) is 0 Å². The molecule has 0 aliphatic heterocycles. The summed E-state index contributed by atoms with van der Waals surface area (Å²) < 4.78 is 0. The van der Waals surface area contributed by atoms with Crippen LogP contribution in [0.4, 0.5) is 0 Å². The maximum atomic E-state index is 12.1. The number of fused-ring (bicyclic) bond motifs is 5. The minimum absolute atomic E-state index is 0.0884. The van der Waals surface area contributed by atoms with Crippen LogP contribution in [0.15, 0.2) is 0 Å². The van der Waals surface area contributed by atoms with Crippen LogP contribution in [0, 0.1) is 40.4 Å². The van der Waals surface area contributed by atoms with Gasteiger partial charge in [0.2, 0.25) is 0 Å². The number of hydrogen-bond donors (Lipinski definition) is 2. The zero-order chi connectivity index (χ0) is 16.6. The number of ketones is 1. The molecule has 4 saturated carbocycles. The quantitative estimate of drug-likeness (QED) is 0.721. The molecule has 0 unspecified atom stereocenters. The molecule has 0 heterocycles. The molecule has 0 bridgehead atoms. The van der Waals surface area contributed by atoms with E-state index in [-0.39, 0.29) is 23.0 Å². The molecule has 9 atom stereocenters. The summed E-state index contributed by atoms with van der Waals surface area (Å²) in [6, 6.07) is 0. The second-order valence-corrected chi connectivity index (χ2v) is 9.65. The Hall–Kier alpha value is -0.410. The second kappa shape index (κ2) is 5.05. The van der Waals surface area contributed by atoms with Crippen molar-refractivity contribution in [1.29, 1.82) is 0 Å². The molecule has 3 heteroatoms. The van der Waals surface area contributed by atoms with Gasteiger partial charge in [0.1, 0.15) is 5.78 Å². The molecule has 4 aliphatic rings. The molecule has 0 radical (unpaired) electrons. The highest BCUT2D eigenvalue weighted by Crippen LogP contribution is 2.66. The van der Waals surface area contributed by atoms with Gasteiger partial charge in [0.15, 0.2) is 0 Å². The second-order valence-electron chi connectivity index (χ2n) is 9.65. The molecule has 0 aromatic rings. The molecular weight excluding hydrogens is 288 g/mol. The van der Waals surface area contributed by atoms with E-state index in [1.807, 2.05) is 0 Å². The lowest BCUT2D eigenvalue weighted by molar-refractivity contribution is -0.191. The molecule has 4 rings (SSSR count). The van der Waals surface area contributed by atoms with Crippen molar-refractivity contribution >= 4 is 5.78 Å². The van der Waals surface area contributed by atoms with Crippen molar-refractivity contribution in [3.05, 3.63) is 0 Å². The Bertz CT molecular complexity index is 517. The Morgan fingerprint density at radius 3 is 2.52 bits per heavy atom. The van der Waals surface area contributed by atoms with Gasteiger partial charge >= 0.3 is 0 Å². The van der Waals surface area contributed by atoms with Crippen LogP contribution in [-0.2, 0) is 4.79 Å². The van der Waals surface area contributed by atoms with Crippen LogP contribution in [0.3, 0.4) is 0 Å². The fourth-order valence-corrected chi connectivity index (χ4v) is 7.55. The van der Waals surface area contributed by atoms with Crippen LogP contribution < -0.4 is 0 Å². The lowest BCUT2D eigenvalue weighted by Gasteiger charge is -2.63. The largest absolute Gasteiger partial charge is 0.393 e. The standard InChI is InChI=1S/C20H32O3/c1-11-8-13(21)9-12-4-5-14-15-6-7-17(23)19(15,2)10-16(22)18(14)20(11,12)3/h11-12,14-18,22-23H,4-10H2,1-3H3/t11-,12-,14-,15-,16+,17-,18+,19-,20-/m0/s1. The van der Waals surface area contributed by atoms with Crippen molar-refractivity contribution in [2.75, 3.05) is 0 Å². The molecule has 0 saturated heterocycles. The molecule has 3 nitrogen and oxygen atoms in total. The Balaban J connectivity index is 1.72. The summed E-state index contributed by atoms with van der Waals surface area (Å²) in [7, 11) is 0. The fraction of sp³-hybridized carbons (Fsp3) is 0.950. The van der Waals surface area contributed by atoms with Gasteiger partial charge in [0.25, 0.3) is 0 Å². The van der Waals surface area contributed by atoms with Gasteiger partial charge in [0, 0.05) is 12.8 Å². The van der Waals surface area contributed by atoms with Crippen molar-refractivity contribution in [3.8, 4) is 0 Å². The van der Waals surface area contributed by atoms with Gasteiger partial charge in [-0.05, 0) is 72.5 Å². The summed E-state index contributed by atoms with van der Waals surface area (Å²) in [5.41, 5.74) is -0.0113. The van der Waals surface area contributed by atoms with Crippen LogP contribution in [0.5, 0.6) is 0 Å². The molecule has 0 aromatic heterocycles. The summed E-state index contributed by atoms with van der Waals surface area (Å²) >= 11 is 0. The van der Waals surface area contributed by atoms with E-state index >= 15 is 0 Å². The van der Waals surface area contributed by atoms with Gasteiger partial charge in [-0.3, -0.25) is 4.79 Å². The predicted octanol–water partition coefficient (Wildman–Crippen LogP) is 3.18. The zero-order valence-corrected chi connectivity index (χ0v) is 14.8. The van der Waals surface area contributed by atoms with E-state index in [0.717, 1.165) is 38.5 Å². The first-order valence-electron chi connectivity index (χ1n) is 9.66. The third kappa shape index (κ3) is 1.99. The van der Waals surface area contributed by atoms with Crippen LogP contribution in [0.25, 0.3) is 0 Å². The van der Waals surface area contributed by atoms with E-state index in [9.17, 15) is 15.0 Å². The van der Waals surface area contributed by atoms with Gasteiger partial charge in [-0.1, -0.05) is 20.8 Å². The van der Waals surface area contributed by atoms with E-state index in [2.05, 4.69) is 20.8 Å². The van der Waals surface area contributed by atoms with Crippen molar-refractivity contribution in [2.45, 2.75) is 77.9 Å². The Morgan fingerprint density at radius 2 is 1.78 bits per heavy atom. The van der Waals surface area contributed by atoms with E-state index in [4.69, 9.17) is 0 Å². The number of carbonyl (C=O) groups excluding carboxylic acids is 1. The van der Waals surface area contributed by atoms with Crippen molar-refractivity contribution in [1.82, 2.24) is 0 Å². The third-order valence-electron chi connectivity index (χ3n) is 8.92. The number of hydrogen-bond acceptors (Lipinski definition) is 3. The topological polar surface area (TPSA) is 57.5 Å². The zero-order valence-electron chi connectivity index (χ0n) is 14.8. The van der Waals surface area contributed by atoms with Crippen LogP contribution >= 0.6 is 0 Å². The molecule has 2 N–H and O–H groups in total. The van der Waals surface area contributed by atoms with Gasteiger partial charge in [0.05, 0.1) is 12.2 Å². The predicted molar refractivity (Wildman–Crippen MR) is 88.7 cm³/mol. The van der Waals surface area contributed by atoms with Gasteiger partial charge < -0.3 is 10.2 Å². The number of rotatable bonds is 0. The van der Waals surface area contributed by atoms with Gasteiger partial charge in [-0.15, -0.1) is 0 Å². The van der Waals surface area contributed by atoms with Crippen molar-refractivity contribution in [3.63, 3.8) is 0 Å². The van der Waals surface area contributed by atoms with Gasteiger partial charge in [-0.2, -0.15) is 0 Å². The molecule has 4 aliphatic carbocycles. The molecular formula is C20H32O3. The lowest BCUT2D eigenvalue weighted by atomic mass is 9.42. The summed E-state index contributed by atoms with van der Waals surface area (Å²) in [5.74, 6) is 2.63. The Kier molecular flexibility index (Phi) is 3.53. The van der Waals surface area contributed by atoms with Crippen molar-refractivity contribution in [2.24, 2.45) is 40.4 Å². The van der Waals surface area contributed by atoms with E-state index in [1.165, 1.54) is 0 Å². The number of aliphatic hydroxyl groups is 2. The van der Waals surface area contributed by atoms with Crippen LogP contribution in [0.2, 0.25) is 0 Å². The molecule has 0 amide bonds. The monoisotopic (exact) mass is 320 g/mol. The first-order chi connectivity index (χ1) is 10.8. The lowest BCUT2D eigenvalue weighted by Crippen LogP contribution is -2.61. The van der Waals surface area contributed by atoms with Crippen LogP contribution in [-0.4, -0.2) is 28.2 Å². The average molecular weight is 320 g/mol. The van der Waals surface area contributed by atoms with E-state index in [0.29, 0.717) is 41.8 Å². The fourth-order valence-electron chi connectivity index (χ4n) is 7.55. The summed E-state index contributed by atoms with van der Waals surface area (Å²) in [5, 5.41) is 21.6. The summed E-state index contributed by atoms with van der Waals surface area (Å²) in [6.45, 7) is 6.80. The average Bonchev–Trinajstić information content (AvgIpc) is 2.76. The summed E-state index contributed by atoms with van der Waals surface area (Å²) in [4.78, 5) is 12.1. The molecule has 23 heavy (non-hydrogen) atoms. The summed E-state index contributed by atoms with van der Waals surface area (Å²) in [6.07, 6.45) is 5.84. The highest BCUT2D eigenvalue weighted by molar-refractivity contribution is 5.80. The minimum atomic E-state index is -0.322. The highest BCUT2D eigenvalue weighted by atomic mass is 16.3. The first-order valence-corrected chi connectivity index (χ1v) is 9.66. The Labute approximate surface area is 139 Å². The Morgan fingerprint density at radius 1 is 1.04 bits per heavy atom. The highest BCUT2D eigenvalue weighted by Gasteiger charge is 2.64. The van der Waals surface area contributed by atoms with E-state index < -0.39 is 0 Å². The van der Waals surface area contributed by atoms with Crippen LogP contribution in [0.1, 0.15) is 65.7 Å².